The van der Waals surface area contributed by atoms with Gasteiger partial charge in [0.05, 0.1) is 12.2 Å². The third-order valence-corrected chi connectivity index (χ3v) is 5.57. The van der Waals surface area contributed by atoms with Gasteiger partial charge >= 0.3 is 5.97 Å². The first-order chi connectivity index (χ1) is 17.2. The van der Waals surface area contributed by atoms with Gasteiger partial charge < -0.3 is 14.1 Å². The summed E-state index contributed by atoms with van der Waals surface area (Å²) < 4.78 is 11.3. The van der Waals surface area contributed by atoms with Gasteiger partial charge in [-0.2, -0.15) is 0 Å². The Morgan fingerprint density at radius 3 is 2.51 bits per heavy atom. The van der Waals surface area contributed by atoms with Crippen molar-refractivity contribution >= 4 is 17.0 Å². The molecule has 3 aromatic carbocycles. The van der Waals surface area contributed by atoms with Gasteiger partial charge in [-0.1, -0.05) is 54.0 Å². The summed E-state index contributed by atoms with van der Waals surface area (Å²) in [5, 5.41) is 12.0. The number of carbonyl (C=O) groups excluding carboxylic acids is 1. The van der Waals surface area contributed by atoms with E-state index >= 15 is 0 Å². The summed E-state index contributed by atoms with van der Waals surface area (Å²) >= 11 is 0. The van der Waals surface area contributed by atoms with E-state index in [4.69, 9.17) is 14.1 Å². The number of unbranched alkanes of at least 4 members (excludes halogenated alkanes) is 2. The van der Waals surface area contributed by atoms with Gasteiger partial charge in [0.25, 0.3) is 0 Å². The molecule has 0 aliphatic heterocycles. The van der Waals surface area contributed by atoms with E-state index in [1.54, 1.807) is 36.4 Å². The fraction of sp³-hybridized carbons (Fsp3) is 0.185. The Bertz CT molecular complexity index is 1420. The number of hydrogen-bond donors (Lipinski definition) is 0. The molecular formula is C27H24N4O4. The molecule has 8 nitrogen and oxygen atoms in total. The molecule has 0 atom stereocenters. The van der Waals surface area contributed by atoms with Gasteiger partial charge in [-0.25, -0.2) is 4.79 Å². The zero-order valence-electron chi connectivity index (χ0n) is 19.3. The van der Waals surface area contributed by atoms with Crippen molar-refractivity contribution < 1.29 is 18.9 Å². The third kappa shape index (κ3) is 5.06. The van der Waals surface area contributed by atoms with Crippen LogP contribution in [0.3, 0.4) is 0 Å². The topological polar surface area (TPSA) is 92.3 Å². The van der Waals surface area contributed by atoms with Gasteiger partial charge in [0.1, 0.15) is 22.5 Å². The minimum Gasteiger partial charge on any atom is -0.494 e. The average Bonchev–Trinajstić information content (AvgIpc) is 3.55. The third-order valence-electron chi connectivity index (χ3n) is 5.57. The molecule has 0 N–H and O–H groups in total. The highest BCUT2D eigenvalue weighted by atomic mass is 16.7. The molecule has 176 valence electrons. The predicted molar refractivity (Wildman–Crippen MR) is 131 cm³/mol. The molecule has 2 aromatic heterocycles. The molecule has 0 aliphatic rings. The summed E-state index contributed by atoms with van der Waals surface area (Å²) in [7, 11) is 0. The Labute approximate surface area is 202 Å². The second kappa shape index (κ2) is 10.2. The molecule has 2 heterocycles. The number of rotatable bonds is 9. The number of nitrogens with zero attached hydrogens (tertiary/aromatic N) is 4. The van der Waals surface area contributed by atoms with Crippen molar-refractivity contribution in [1.29, 1.82) is 0 Å². The highest BCUT2D eigenvalue weighted by Gasteiger charge is 2.14. The van der Waals surface area contributed by atoms with Crippen molar-refractivity contribution in [3.05, 3.63) is 84.4 Å². The minimum atomic E-state index is -0.537. The van der Waals surface area contributed by atoms with Crippen molar-refractivity contribution in [2.24, 2.45) is 0 Å². The first-order valence-corrected chi connectivity index (χ1v) is 11.5. The monoisotopic (exact) mass is 468 g/mol. The maximum absolute atomic E-state index is 12.6. The van der Waals surface area contributed by atoms with Crippen LogP contribution in [0.2, 0.25) is 0 Å². The van der Waals surface area contributed by atoms with E-state index in [9.17, 15) is 4.79 Å². The Balaban J connectivity index is 1.24. The van der Waals surface area contributed by atoms with Gasteiger partial charge in [0.2, 0.25) is 0 Å². The number of hydrogen-bond acceptors (Lipinski definition) is 7. The Hall–Kier alpha value is -4.46. The number of benzene rings is 3. The highest BCUT2D eigenvalue weighted by Crippen LogP contribution is 2.27. The maximum Gasteiger partial charge on any atom is 0.365 e. The molecule has 0 saturated heterocycles. The smallest absolute Gasteiger partial charge is 0.365 e. The summed E-state index contributed by atoms with van der Waals surface area (Å²) in [4.78, 5) is 19.1. The SMILES string of the molecule is CCCCCOc1ccc(-c2cc(-c3ccc(C(=O)On4nnc5ccccc54)cc3)no2)cc1. The lowest BCUT2D eigenvalue weighted by atomic mass is 10.1. The van der Waals surface area contributed by atoms with E-state index in [0.29, 0.717) is 28.1 Å². The van der Waals surface area contributed by atoms with E-state index in [0.717, 1.165) is 34.7 Å². The van der Waals surface area contributed by atoms with E-state index in [1.807, 2.05) is 42.5 Å². The molecule has 5 rings (SSSR count). The summed E-state index contributed by atoms with van der Waals surface area (Å²) in [5.74, 6) is 0.954. The van der Waals surface area contributed by atoms with E-state index in [-0.39, 0.29) is 0 Å². The second-order valence-electron chi connectivity index (χ2n) is 8.06. The van der Waals surface area contributed by atoms with Crippen LogP contribution in [0, 0.1) is 0 Å². The van der Waals surface area contributed by atoms with E-state index in [2.05, 4.69) is 22.4 Å². The van der Waals surface area contributed by atoms with Crippen molar-refractivity contribution in [2.45, 2.75) is 26.2 Å². The normalized spacial score (nSPS) is 11.0. The summed E-state index contributed by atoms with van der Waals surface area (Å²) in [6, 6.07) is 23.8. The van der Waals surface area contributed by atoms with Crippen LogP contribution in [-0.2, 0) is 0 Å². The molecule has 0 fully saturated rings. The van der Waals surface area contributed by atoms with Crippen LogP contribution in [0.1, 0.15) is 36.5 Å². The lowest BCUT2D eigenvalue weighted by molar-refractivity contribution is 0.0409. The standard InChI is InChI=1S/C27H24N4O4/c1-2-3-6-17-33-22-15-13-20(14-16-22)26-18-24(29-34-26)19-9-11-21(12-10-19)27(32)35-31-25-8-5-4-7-23(25)28-30-31/h4-5,7-16,18H,2-3,6,17H2,1H3. The lowest BCUT2D eigenvalue weighted by Gasteiger charge is -2.05. The highest BCUT2D eigenvalue weighted by molar-refractivity contribution is 5.90. The molecule has 0 aliphatic carbocycles. The fourth-order valence-corrected chi connectivity index (χ4v) is 3.63. The lowest BCUT2D eigenvalue weighted by Crippen LogP contribution is -2.20. The van der Waals surface area contributed by atoms with E-state index in [1.165, 1.54) is 12.8 Å². The Kier molecular flexibility index (Phi) is 6.52. The van der Waals surface area contributed by atoms with Gasteiger partial charge in [0, 0.05) is 17.2 Å². The fourth-order valence-electron chi connectivity index (χ4n) is 3.63. The first kappa shape index (κ1) is 22.3. The first-order valence-electron chi connectivity index (χ1n) is 11.5. The molecule has 8 heteroatoms. The minimum absolute atomic E-state index is 0.381. The predicted octanol–water partition coefficient (Wildman–Crippen LogP) is 5.59. The molecular weight excluding hydrogens is 444 g/mol. The summed E-state index contributed by atoms with van der Waals surface area (Å²) in [5.41, 5.74) is 4.03. The van der Waals surface area contributed by atoms with Crippen LogP contribution in [0.15, 0.2) is 83.4 Å². The van der Waals surface area contributed by atoms with Crippen molar-refractivity contribution in [3.8, 4) is 28.3 Å². The molecule has 0 spiro atoms. The van der Waals surface area contributed by atoms with Gasteiger partial charge in [-0.3, -0.25) is 0 Å². The number of carbonyl (C=O) groups is 1. The van der Waals surface area contributed by atoms with Crippen molar-refractivity contribution in [3.63, 3.8) is 0 Å². The van der Waals surface area contributed by atoms with Crippen molar-refractivity contribution in [1.82, 2.24) is 20.3 Å². The summed E-state index contributed by atoms with van der Waals surface area (Å²) in [6.45, 7) is 2.89. The van der Waals surface area contributed by atoms with Crippen LogP contribution in [0.5, 0.6) is 5.75 Å². The largest absolute Gasteiger partial charge is 0.494 e. The van der Waals surface area contributed by atoms with Crippen LogP contribution in [-0.4, -0.2) is 32.9 Å². The number of fused-ring (bicyclic) bond motifs is 1. The van der Waals surface area contributed by atoms with Gasteiger partial charge in [-0.05, 0) is 60.2 Å². The Morgan fingerprint density at radius 1 is 0.943 bits per heavy atom. The quantitative estimate of drug-likeness (QED) is 0.206. The Morgan fingerprint density at radius 2 is 1.71 bits per heavy atom. The van der Waals surface area contributed by atoms with Gasteiger partial charge in [-0.15, -0.1) is 5.10 Å². The molecule has 0 radical (unpaired) electrons. The second-order valence-corrected chi connectivity index (χ2v) is 8.06. The van der Waals surface area contributed by atoms with Crippen LogP contribution in [0.25, 0.3) is 33.6 Å². The van der Waals surface area contributed by atoms with E-state index < -0.39 is 5.97 Å². The molecule has 0 bridgehead atoms. The zero-order valence-corrected chi connectivity index (χ0v) is 19.3. The van der Waals surface area contributed by atoms with Gasteiger partial charge in [0.15, 0.2) is 5.76 Å². The number of para-hydroxylation sites is 1. The molecule has 35 heavy (non-hydrogen) atoms. The van der Waals surface area contributed by atoms with Crippen LogP contribution in [0.4, 0.5) is 0 Å². The average molecular weight is 469 g/mol. The van der Waals surface area contributed by atoms with Crippen LogP contribution >= 0.6 is 0 Å². The molecule has 0 amide bonds. The number of ether oxygens (including phenoxy) is 1. The molecule has 5 aromatic rings. The van der Waals surface area contributed by atoms with Crippen molar-refractivity contribution in [2.75, 3.05) is 6.61 Å². The molecule has 0 unspecified atom stereocenters. The zero-order chi connectivity index (χ0) is 24.0. The summed E-state index contributed by atoms with van der Waals surface area (Å²) in [6.07, 6.45) is 3.39. The molecule has 0 saturated carbocycles. The van der Waals surface area contributed by atoms with Crippen LogP contribution < -0.4 is 9.57 Å². The number of aromatic nitrogens is 4. The maximum atomic E-state index is 12.6.